The Morgan fingerprint density at radius 1 is 1.12 bits per heavy atom. The molecule has 0 aliphatic carbocycles. The molecule has 0 aliphatic heterocycles. The molecule has 0 saturated heterocycles. The number of nitrogens with zero attached hydrogens (tertiary/aromatic N) is 3. The Hall–Kier alpha value is -3.15. The summed E-state index contributed by atoms with van der Waals surface area (Å²) in [6, 6.07) is 13.6. The van der Waals surface area contributed by atoms with Crippen molar-refractivity contribution in [3.63, 3.8) is 0 Å². The van der Waals surface area contributed by atoms with Gasteiger partial charge in [-0.05, 0) is 51.5 Å². The number of rotatable bonds is 5. The monoisotopic (exact) mass is 350 g/mol. The standard InChI is InChI=1S/C20H22N4O2/c1-5-26-17-8-6-7-14(3)18(17)21-20(25)19-15(4)24(23-22-19)16-11-9-13(2)10-12-16/h6-12H,5H2,1-4H3,(H,21,25). The van der Waals surface area contributed by atoms with Crippen LogP contribution < -0.4 is 10.1 Å². The van der Waals surface area contributed by atoms with E-state index < -0.39 is 0 Å². The van der Waals surface area contributed by atoms with Crippen LogP contribution >= 0.6 is 0 Å². The second-order valence-electron chi connectivity index (χ2n) is 6.11. The SMILES string of the molecule is CCOc1cccc(C)c1NC(=O)c1nnn(-c2ccc(C)cc2)c1C. The van der Waals surface area contributed by atoms with Crippen LogP contribution in [0, 0.1) is 20.8 Å². The van der Waals surface area contributed by atoms with E-state index in [1.807, 2.05) is 70.2 Å². The maximum absolute atomic E-state index is 12.8. The van der Waals surface area contributed by atoms with Crippen LogP contribution in [0.15, 0.2) is 42.5 Å². The van der Waals surface area contributed by atoms with Crippen molar-refractivity contribution >= 4 is 11.6 Å². The van der Waals surface area contributed by atoms with Gasteiger partial charge in [-0.3, -0.25) is 4.79 Å². The number of para-hydroxylation sites is 1. The largest absolute Gasteiger partial charge is 0.492 e. The Kier molecular flexibility index (Phi) is 5.02. The molecule has 1 aromatic heterocycles. The number of carbonyl (C=O) groups excluding carboxylic acids is 1. The summed E-state index contributed by atoms with van der Waals surface area (Å²) in [7, 11) is 0. The third-order valence-electron chi connectivity index (χ3n) is 4.16. The van der Waals surface area contributed by atoms with E-state index in [0.29, 0.717) is 23.7 Å². The molecule has 6 heteroatoms. The van der Waals surface area contributed by atoms with Gasteiger partial charge in [0, 0.05) is 0 Å². The molecule has 0 fully saturated rings. The number of hydrogen-bond acceptors (Lipinski definition) is 4. The van der Waals surface area contributed by atoms with E-state index in [4.69, 9.17) is 4.74 Å². The van der Waals surface area contributed by atoms with Crippen molar-refractivity contribution in [3.05, 3.63) is 65.0 Å². The van der Waals surface area contributed by atoms with Gasteiger partial charge in [0.2, 0.25) is 0 Å². The van der Waals surface area contributed by atoms with Crippen molar-refractivity contribution < 1.29 is 9.53 Å². The highest BCUT2D eigenvalue weighted by atomic mass is 16.5. The van der Waals surface area contributed by atoms with Gasteiger partial charge in [0.1, 0.15) is 5.75 Å². The van der Waals surface area contributed by atoms with Gasteiger partial charge in [-0.2, -0.15) is 0 Å². The van der Waals surface area contributed by atoms with Crippen molar-refractivity contribution in [2.75, 3.05) is 11.9 Å². The molecule has 0 aliphatic rings. The number of nitrogens with one attached hydrogen (secondary N) is 1. The van der Waals surface area contributed by atoms with E-state index in [-0.39, 0.29) is 11.6 Å². The molecular formula is C20H22N4O2. The molecule has 0 bridgehead atoms. The van der Waals surface area contributed by atoms with Gasteiger partial charge in [-0.15, -0.1) is 5.10 Å². The molecule has 0 spiro atoms. The fourth-order valence-electron chi connectivity index (χ4n) is 2.72. The summed E-state index contributed by atoms with van der Waals surface area (Å²) in [6.07, 6.45) is 0. The van der Waals surface area contributed by atoms with Crippen LogP contribution in [0.25, 0.3) is 5.69 Å². The normalized spacial score (nSPS) is 10.6. The smallest absolute Gasteiger partial charge is 0.278 e. The summed E-state index contributed by atoms with van der Waals surface area (Å²) in [6.45, 7) is 8.21. The summed E-state index contributed by atoms with van der Waals surface area (Å²) in [5.74, 6) is 0.334. The van der Waals surface area contributed by atoms with Crippen molar-refractivity contribution in [1.82, 2.24) is 15.0 Å². The number of ether oxygens (including phenoxy) is 1. The number of aryl methyl sites for hydroxylation is 2. The zero-order valence-corrected chi connectivity index (χ0v) is 15.4. The van der Waals surface area contributed by atoms with Crippen molar-refractivity contribution in [3.8, 4) is 11.4 Å². The van der Waals surface area contributed by atoms with Crippen LogP contribution in [0.1, 0.15) is 34.2 Å². The highest BCUT2D eigenvalue weighted by Crippen LogP contribution is 2.28. The number of carbonyl (C=O) groups is 1. The Labute approximate surface area is 152 Å². The fourth-order valence-corrected chi connectivity index (χ4v) is 2.72. The van der Waals surface area contributed by atoms with E-state index >= 15 is 0 Å². The minimum atomic E-state index is -0.309. The zero-order valence-electron chi connectivity index (χ0n) is 15.4. The number of benzene rings is 2. The molecule has 3 rings (SSSR count). The number of anilines is 1. The van der Waals surface area contributed by atoms with Crippen LogP contribution in [-0.4, -0.2) is 27.5 Å². The van der Waals surface area contributed by atoms with Gasteiger partial charge in [0.05, 0.1) is 23.7 Å². The van der Waals surface area contributed by atoms with Crippen LogP contribution in [0.3, 0.4) is 0 Å². The van der Waals surface area contributed by atoms with Crippen molar-refractivity contribution in [2.24, 2.45) is 0 Å². The van der Waals surface area contributed by atoms with Crippen molar-refractivity contribution in [1.29, 1.82) is 0 Å². The minimum Gasteiger partial charge on any atom is -0.492 e. The van der Waals surface area contributed by atoms with Gasteiger partial charge in [-0.25, -0.2) is 4.68 Å². The molecule has 0 saturated carbocycles. The average molecular weight is 350 g/mol. The summed E-state index contributed by atoms with van der Waals surface area (Å²) in [4.78, 5) is 12.8. The minimum absolute atomic E-state index is 0.288. The molecule has 134 valence electrons. The first-order chi connectivity index (χ1) is 12.5. The number of hydrogen-bond donors (Lipinski definition) is 1. The lowest BCUT2D eigenvalue weighted by molar-refractivity contribution is 0.102. The Bertz CT molecular complexity index is 929. The first-order valence-electron chi connectivity index (χ1n) is 8.54. The third kappa shape index (κ3) is 3.44. The maximum Gasteiger partial charge on any atom is 0.278 e. The Morgan fingerprint density at radius 2 is 1.85 bits per heavy atom. The van der Waals surface area contributed by atoms with E-state index in [1.54, 1.807) is 4.68 Å². The maximum atomic E-state index is 12.8. The summed E-state index contributed by atoms with van der Waals surface area (Å²) in [5.41, 5.74) is 4.57. The zero-order chi connectivity index (χ0) is 18.7. The van der Waals surface area contributed by atoms with E-state index in [2.05, 4.69) is 15.6 Å². The first-order valence-corrected chi connectivity index (χ1v) is 8.54. The molecule has 0 unspecified atom stereocenters. The molecule has 1 amide bonds. The van der Waals surface area contributed by atoms with Crippen LogP contribution in [0.5, 0.6) is 5.75 Å². The summed E-state index contributed by atoms with van der Waals surface area (Å²) in [5, 5.41) is 11.1. The van der Waals surface area contributed by atoms with Gasteiger partial charge in [0.15, 0.2) is 5.69 Å². The highest BCUT2D eigenvalue weighted by Gasteiger charge is 2.19. The second-order valence-corrected chi connectivity index (χ2v) is 6.11. The van der Waals surface area contributed by atoms with E-state index in [9.17, 15) is 4.79 Å². The van der Waals surface area contributed by atoms with E-state index in [1.165, 1.54) is 0 Å². The summed E-state index contributed by atoms with van der Waals surface area (Å²) < 4.78 is 7.28. The van der Waals surface area contributed by atoms with Gasteiger partial charge in [0.25, 0.3) is 5.91 Å². The highest BCUT2D eigenvalue weighted by molar-refractivity contribution is 6.04. The molecule has 1 heterocycles. The lowest BCUT2D eigenvalue weighted by atomic mass is 10.1. The predicted octanol–water partition coefficient (Wildman–Crippen LogP) is 3.84. The molecule has 1 N–H and O–H groups in total. The Morgan fingerprint density at radius 3 is 2.54 bits per heavy atom. The summed E-state index contributed by atoms with van der Waals surface area (Å²) >= 11 is 0. The molecule has 0 atom stereocenters. The number of amides is 1. The van der Waals surface area contributed by atoms with Gasteiger partial charge >= 0.3 is 0 Å². The predicted molar refractivity (Wildman–Crippen MR) is 101 cm³/mol. The van der Waals surface area contributed by atoms with Crippen LogP contribution in [0.4, 0.5) is 5.69 Å². The van der Waals surface area contributed by atoms with Crippen LogP contribution in [0.2, 0.25) is 0 Å². The second kappa shape index (κ2) is 7.39. The Balaban J connectivity index is 1.89. The van der Waals surface area contributed by atoms with Gasteiger partial charge < -0.3 is 10.1 Å². The molecule has 6 nitrogen and oxygen atoms in total. The quantitative estimate of drug-likeness (QED) is 0.759. The van der Waals surface area contributed by atoms with Crippen LogP contribution in [-0.2, 0) is 0 Å². The van der Waals surface area contributed by atoms with Gasteiger partial charge in [-0.1, -0.05) is 35.0 Å². The number of aromatic nitrogens is 3. The first kappa shape index (κ1) is 17.7. The molecule has 3 aromatic rings. The fraction of sp³-hybridized carbons (Fsp3) is 0.250. The molecule has 2 aromatic carbocycles. The molecule has 26 heavy (non-hydrogen) atoms. The average Bonchev–Trinajstić information content (AvgIpc) is 3.00. The molecular weight excluding hydrogens is 328 g/mol. The van der Waals surface area contributed by atoms with Crippen molar-refractivity contribution in [2.45, 2.75) is 27.7 Å². The lowest BCUT2D eigenvalue weighted by Crippen LogP contribution is -2.16. The lowest BCUT2D eigenvalue weighted by Gasteiger charge is -2.13. The topological polar surface area (TPSA) is 69.0 Å². The van der Waals surface area contributed by atoms with E-state index in [0.717, 1.165) is 16.8 Å². The molecule has 0 radical (unpaired) electrons. The third-order valence-corrected chi connectivity index (χ3v) is 4.16.